The van der Waals surface area contributed by atoms with Crippen molar-refractivity contribution in [3.05, 3.63) is 82.7 Å². The smallest absolute Gasteiger partial charge is 0.339 e. The summed E-state index contributed by atoms with van der Waals surface area (Å²) in [7, 11) is -9.11. The van der Waals surface area contributed by atoms with Gasteiger partial charge in [-0.25, -0.2) is 13.2 Å². The molecule has 0 bridgehead atoms. The van der Waals surface area contributed by atoms with Crippen LogP contribution in [0.15, 0.2) is 57.4 Å². The third-order valence-electron chi connectivity index (χ3n) is 5.14. The Kier molecular flexibility index (Phi) is 6.85. The highest BCUT2D eigenvalue weighted by atomic mass is 32.2. The van der Waals surface area contributed by atoms with E-state index in [0.29, 0.717) is 0 Å². The predicted octanol–water partition coefficient (Wildman–Crippen LogP) is 3.92. The van der Waals surface area contributed by atoms with Crippen molar-refractivity contribution in [3.63, 3.8) is 0 Å². The van der Waals surface area contributed by atoms with Gasteiger partial charge in [0, 0.05) is 18.1 Å². The van der Waals surface area contributed by atoms with Crippen LogP contribution in [-0.4, -0.2) is 29.2 Å². The van der Waals surface area contributed by atoms with Crippen LogP contribution in [0.25, 0.3) is 0 Å². The Morgan fingerprint density at radius 1 is 0.838 bits per heavy atom. The minimum Gasteiger partial charge on any atom is -0.492 e. The second kappa shape index (κ2) is 9.63. The van der Waals surface area contributed by atoms with Gasteiger partial charge in [-0.15, -0.1) is 0 Å². The highest BCUT2D eigenvalue weighted by molar-refractivity contribution is 7.89. The fourth-order valence-electron chi connectivity index (χ4n) is 3.23. The lowest BCUT2D eigenvalue weighted by molar-refractivity contribution is 0.319. The number of aryl methyl sites for hydroxylation is 1. The molecule has 15 heteroatoms. The average Bonchev–Trinajstić information content (AvgIpc) is 2.87. The summed E-state index contributed by atoms with van der Waals surface area (Å²) in [5.41, 5.74) is 1.22. The van der Waals surface area contributed by atoms with Crippen LogP contribution >= 0.6 is 0 Å². The number of ether oxygens (including phenoxy) is 1. The van der Waals surface area contributed by atoms with E-state index in [9.17, 15) is 38.8 Å². The molecule has 0 fully saturated rings. The minimum atomic E-state index is -5.10. The first-order valence-corrected chi connectivity index (χ1v) is 13.1. The van der Waals surface area contributed by atoms with Gasteiger partial charge in [0.05, 0.1) is 17.2 Å². The molecule has 37 heavy (non-hydrogen) atoms. The SMILES string of the molecule is Cc1ccc(S(=O)(=O)NN=C2CCOc3cc(S(=O)(=O)Oc4c(F)c(F)c(F)c(F)c4F)ccc32)cc1. The number of hydrazone groups is 1. The molecule has 3 aromatic carbocycles. The first-order chi connectivity index (χ1) is 17.3. The van der Waals surface area contributed by atoms with E-state index in [1.54, 1.807) is 19.1 Å². The molecule has 1 heterocycles. The number of fused-ring (bicyclic) bond motifs is 1. The van der Waals surface area contributed by atoms with E-state index in [0.717, 1.165) is 23.8 Å². The number of hydrogen-bond donors (Lipinski definition) is 1. The standard InChI is InChI=1S/C22H15F5N2O6S2/c1-11-2-4-12(5-3-11)36(30,31)29-28-15-8-9-34-16-10-13(6-7-14(15)16)37(32,33)35-22-20(26)18(24)17(23)19(25)21(22)27/h2-7,10,29H,8-9H2,1H3. The number of halogens is 5. The van der Waals surface area contributed by atoms with Crippen molar-refractivity contribution in [1.29, 1.82) is 0 Å². The Hall–Kier alpha value is -3.72. The molecule has 0 atom stereocenters. The molecule has 3 aromatic rings. The maximum absolute atomic E-state index is 13.9. The monoisotopic (exact) mass is 562 g/mol. The Morgan fingerprint density at radius 2 is 1.41 bits per heavy atom. The zero-order valence-corrected chi connectivity index (χ0v) is 20.2. The largest absolute Gasteiger partial charge is 0.492 e. The molecule has 0 aliphatic carbocycles. The molecular formula is C22H15F5N2O6S2. The molecule has 1 aliphatic rings. The zero-order chi connectivity index (χ0) is 27.1. The van der Waals surface area contributed by atoms with E-state index in [1.165, 1.54) is 12.1 Å². The molecular weight excluding hydrogens is 547 g/mol. The number of nitrogens with one attached hydrogen (secondary N) is 1. The highest BCUT2D eigenvalue weighted by Crippen LogP contribution is 2.33. The number of sulfonamides is 1. The molecule has 196 valence electrons. The van der Waals surface area contributed by atoms with Gasteiger partial charge in [0.25, 0.3) is 10.0 Å². The third kappa shape index (κ3) is 5.09. The van der Waals surface area contributed by atoms with E-state index in [2.05, 4.69) is 14.1 Å². The van der Waals surface area contributed by atoms with Crippen LogP contribution in [0, 0.1) is 36.0 Å². The fraction of sp³-hybridized carbons (Fsp3) is 0.136. The Balaban J connectivity index is 1.63. The lowest BCUT2D eigenvalue weighted by Gasteiger charge is -2.20. The first kappa shape index (κ1) is 26.3. The Bertz CT molecular complexity index is 1610. The average molecular weight is 562 g/mol. The van der Waals surface area contributed by atoms with Gasteiger partial charge in [0.15, 0.2) is 0 Å². The summed E-state index contributed by atoms with van der Waals surface area (Å²) >= 11 is 0. The van der Waals surface area contributed by atoms with Crippen molar-refractivity contribution < 1.29 is 47.7 Å². The predicted molar refractivity (Wildman–Crippen MR) is 119 cm³/mol. The van der Waals surface area contributed by atoms with Gasteiger partial charge in [-0.05, 0) is 31.2 Å². The van der Waals surface area contributed by atoms with E-state index >= 15 is 0 Å². The lowest BCUT2D eigenvalue weighted by Crippen LogP contribution is -2.24. The van der Waals surface area contributed by atoms with Gasteiger partial charge < -0.3 is 8.92 Å². The fourth-order valence-corrected chi connectivity index (χ4v) is 5.00. The normalized spacial score (nSPS) is 14.7. The van der Waals surface area contributed by atoms with Crippen molar-refractivity contribution in [2.45, 2.75) is 23.1 Å². The van der Waals surface area contributed by atoms with E-state index in [4.69, 9.17) is 4.74 Å². The van der Waals surface area contributed by atoms with E-state index < -0.39 is 59.9 Å². The number of nitrogens with zero attached hydrogens (tertiary/aromatic N) is 1. The maximum Gasteiger partial charge on any atom is 0.339 e. The van der Waals surface area contributed by atoms with Crippen molar-refractivity contribution in [2.24, 2.45) is 5.10 Å². The topological polar surface area (TPSA) is 111 Å². The molecule has 1 aliphatic heterocycles. The van der Waals surface area contributed by atoms with E-state index in [-0.39, 0.29) is 34.9 Å². The summed E-state index contributed by atoms with van der Waals surface area (Å²) in [6.07, 6.45) is 0.135. The molecule has 0 radical (unpaired) electrons. The van der Waals surface area contributed by atoms with Gasteiger partial charge in [-0.2, -0.15) is 35.5 Å². The van der Waals surface area contributed by atoms with Gasteiger partial charge in [0.1, 0.15) is 10.6 Å². The summed E-state index contributed by atoms with van der Waals surface area (Å²) in [5, 5.41) is 3.91. The number of hydrogen-bond acceptors (Lipinski definition) is 7. The van der Waals surface area contributed by atoms with Crippen LogP contribution in [0.1, 0.15) is 17.5 Å². The van der Waals surface area contributed by atoms with Gasteiger partial charge in [-0.3, -0.25) is 0 Å². The molecule has 0 unspecified atom stereocenters. The molecule has 8 nitrogen and oxygen atoms in total. The van der Waals surface area contributed by atoms with Crippen LogP contribution in [0.5, 0.6) is 11.5 Å². The van der Waals surface area contributed by atoms with Crippen molar-refractivity contribution >= 4 is 25.9 Å². The third-order valence-corrected chi connectivity index (χ3v) is 7.59. The van der Waals surface area contributed by atoms with Gasteiger partial charge in [0.2, 0.25) is 34.8 Å². The Labute approximate surface area is 207 Å². The molecule has 4 rings (SSSR count). The summed E-state index contributed by atoms with van der Waals surface area (Å²) in [4.78, 5) is 1.31. The van der Waals surface area contributed by atoms with Crippen LogP contribution in [0.3, 0.4) is 0 Å². The second-order valence-corrected chi connectivity index (χ2v) is 10.9. The first-order valence-electron chi connectivity index (χ1n) is 10.2. The molecule has 1 N–H and O–H groups in total. The molecule has 0 saturated heterocycles. The van der Waals surface area contributed by atoms with Crippen molar-refractivity contribution in [2.75, 3.05) is 6.61 Å². The van der Waals surface area contributed by atoms with Crippen LogP contribution in [0.2, 0.25) is 0 Å². The summed E-state index contributed by atoms with van der Waals surface area (Å²) in [6.45, 7) is 1.74. The Morgan fingerprint density at radius 3 is 2.03 bits per heavy atom. The van der Waals surface area contributed by atoms with Crippen molar-refractivity contribution in [1.82, 2.24) is 4.83 Å². The zero-order valence-electron chi connectivity index (χ0n) is 18.6. The summed E-state index contributed by atoms with van der Waals surface area (Å²) in [6, 6.07) is 8.90. The highest BCUT2D eigenvalue weighted by Gasteiger charge is 2.32. The summed E-state index contributed by atoms with van der Waals surface area (Å²) < 4.78 is 128. The minimum absolute atomic E-state index is 0.0403. The van der Waals surface area contributed by atoms with E-state index in [1.807, 2.05) is 0 Å². The molecule has 0 saturated carbocycles. The molecule has 0 aromatic heterocycles. The van der Waals surface area contributed by atoms with Crippen molar-refractivity contribution in [3.8, 4) is 11.5 Å². The van der Waals surface area contributed by atoms with Crippen LogP contribution in [0.4, 0.5) is 22.0 Å². The van der Waals surface area contributed by atoms with Gasteiger partial charge >= 0.3 is 10.1 Å². The number of benzene rings is 3. The summed E-state index contributed by atoms with van der Waals surface area (Å²) in [5.74, 6) is -14.3. The van der Waals surface area contributed by atoms with Gasteiger partial charge in [-0.1, -0.05) is 17.7 Å². The number of rotatable bonds is 6. The quantitative estimate of drug-likeness (QED) is 0.160. The van der Waals surface area contributed by atoms with Crippen LogP contribution < -0.4 is 13.8 Å². The van der Waals surface area contributed by atoms with Crippen LogP contribution in [-0.2, 0) is 20.1 Å². The molecule has 0 amide bonds. The maximum atomic E-state index is 13.9. The second-order valence-electron chi connectivity index (χ2n) is 7.66. The molecule has 0 spiro atoms. The lowest BCUT2D eigenvalue weighted by atomic mass is 10.0.